The number of piperidine rings is 1. The van der Waals surface area contributed by atoms with Gasteiger partial charge in [0.1, 0.15) is 35.9 Å². The van der Waals surface area contributed by atoms with Gasteiger partial charge in [-0.05, 0) is 56.4 Å². The third-order valence-corrected chi connectivity index (χ3v) is 7.92. The van der Waals surface area contributed by atoms with Crippen LogP contribution in [0.2, 0.25) is 5.02 Å². The third-order valence-electron chi connectivity index (χ3n) is 7.53. The molecule has 0 saturated carbocycles. The van der Waals surface area contributed by atoms with E-state index in [0.29, 0.717) is 54.4 Å². The number of aromatic nitrogens is 3. The minimum absolute atomic E-state index is 0.0765. The summed E-state index contributed by atoms with van der Waals surface area (Å²) in [7, 11) is 0. The van der Waals surface area contributed by atoms with Gasteiger partial charge in [-0.15, -0.1) is 0 Å². The van der Waals surface area contributed by atoms with E-state index in [9.17, 15) is 23.9 Å². The Morgan fingerprint density at radius 3 is 2.60 bits per heavy atom. The first-order valence-corrected chi connectivity index (χ1v) is 13.9. The van der Waals surface area contributed by atoms with Crippen LogP contribution in [0.1, 0.15) is 56.0 Å². The van der Waals surface area contributed by atoms with Crippen LogP contribution in [0.3, 0.4) is 0 Å². The van der Waals surface area contributed by atoms with Gasteiger partial charge in [0.25, 0.3) is 0 Å². The van der Waals surface area contributed by atoms with Crippen molar-refractivity contribution >= 4 is 28.7 Å². The van der Waals surface area contributed by atoms with Gasteiger partial charge in [-0.2, -0.15) is 10.4 Å². The van der Waals surface area contributed by atoms with Crippen molar-refractivity contribution < 1.29 is 23.4 Å². The number of ether oxygens (including phenoxy) is 1. The second-order valence-corrected chi connectivity index (χ2v) is 12.1. The smallest absolute Gasteiger partial charge is 0.165 e. The number of hydrogen-bond donors (Lipinski definition) is 1. The van der Waals surface area contributed by atoms with Gasteiger partial charge in [-0.25, -0.2) is 18.3 Å². The molecule has 1 aliphatic rings. The zero-order valence-electron chi connectivity index (χ0n) is 23.5. The highest BCUT2D eigenvalue weighted by atomic mass is 35.5. The molecule has 0 amide bonds. The van der Waals surface area contributed by atoms with Crippen molar-refractivity contribution in [3.8, 4) is 22.9 Å². The van der Waals surface area contributed by atoms with Gasteiger partial charge in [-0.1, -0.05) is 18.5 Å². The largest absolute Gasteiger partial charge is 0.489 e. The van der Waals surface area contributed by atoms with E-state index in [2.05, 4.69) is 16.1 Å². The number of ketones is 1. The van der Waals surface area contributed by atoms with Crippen molar-refractivity contribution in [1.29, 1.82) is 5.26 Å². The summed E-state index contributed by atoms with van der Waals surface area (Å²) in [6.07, 6.45) is 6.39. The number of anilines is 1. The number of benzene rings is 1. The van der Waals surface area contributed by atoms with Crippen molar-refractivity contribution in [2.75, 3.05) is 24.6 Å². The second-order valence-electron chi connectivity index (χ2n) is 11.7. The van der Waals surface area contributed by atoms with Crippen LogP contribution in [-0.2, 0) is 0 Å². The Kier molecular flexibility index (Phi) is 7.92. The highest BCUT2D eigenvalue weighted by molar-refractivity contribution is 6.34. The fraction of sp³-hybridized carbons (Fsp3) is 0.355. The minimum atomic E-state index is -1.03. The number of carbonyl (C=O) groups is 1. The molecule has 3 aromatic heterocycles. The van der Waals surface area contributed by atoms with E-state index in [4.69, 9.17) is 21.3 Å². The summed E-state index contributed by atoms with van der Waals surface area (Å²) in [4.78, 5) is 19.7. The van der Waals surface area contributed by atoms with Gasteiger partial charge in [0.2, 0.25) is 0 Å². The summed E-state index contributed by atoms with van der Waals surface area (Å²) in [6, 6.07) is 9.47. The van der Waals surface area contributed by atoms with E-state index in [-0.39, 0.29) is 34.8 Å². The number of aliphatic hydroxyl groups is 1. The average molecular weight is 594 g/mol. The zero-order chi connectivity index (χ0) is 30.2. The van der Waals surface area contributed by atoms with Crippen LogP contribution in [-0.4, -0.2) is 50.8 Å². The van der Waals surface area contributed by atoms with Crippen molar-refractivity contribution in [3.05, 3.63) is 76.7 Å². The quantitative estimate of drug-likeness (QED) is 0.191. The molecule has 0 radical (unpaired) electrons. The number of Topliss-reactive ketones (excluding diaryl/α,β-unsaturated/α-hetero) is 1. The monoisotopic (exact) mass is 593 g/mol. The van der Waals surface area contributed by atoms with Crippen LogP contribution >= 0.6 is 11.6 Å². The first-order chi connectivity index (χ1) is 19.9. The number of halogens is 3. The van der Waals surface area contributed by atoms with Crippen LogP contribution in [0, 0.1) is 28.4 Å². The Hall–Kier alpha value is -4.07. The fourth-order valence-electron chi connectivity index (χ4n) is 5.16. The third kappa shape index (κ3) is 6.22. The van der Waals surface area contributed by atoms with E-state index in [1.54, 1.807) is 36.8 Å². The maximum absolute atomic E-state index is 13.9. The molecular weight excluding hydrogens is 564 g/mol. The number of rotatable bonds is 8. The van der Waals surface area contributed by atoms with Crippen LogP contribution in [0.4, 0.5) is 14.6 Å². The summed E-state index contributed by atoms with van der Waals surface area (Å²) in [5.41, 5.74) is 1.01. The fourth-order valence-corrected chi connectivity index (χ4v) is 5.38. The van der Waals surface area contributed by atoms with Gasteiger partial charge < -0.3 is 14.7 Å². The molecule has 8 nitrogen and oxygen atoms in total. The highest BCUT2D eigenvalue weighted by Gasteiger charge is 2.34. The Bertz CT molecular complexity index is 1680. The molecule has 11 heteroatoms. The number of nitriles is 1. The van der Waals surface area contributed by atoms with E-state index < -0.39 is 17.2 Å². The van der Waals surface area contributed by atoms with Crippen LogP contribution in [0.15, 0.2) is 48.9 Å². The number of nitrogens with zero attached hydrogens (tertiary/aromatic N) is 5. The standard InChI is InChI=1S/C31H30ClF2N5O3/c1-30(2,41)18-42-22-12-23(29-20(14-35)16-37-39(29)17-22)19-4-5-27(36-15-19)38-8-6-31(3,7-9-38)13-26(40)24-10-21(33)11-25(34)28(24)32/h4-5,10-12,15-17,41H,6-9,13,18H2,1-3H3. The summed E-state index contributed by atoms with van der Waals surface area (Å²) in [5.74, 6) is -0.902. The Labute approximate surface area is 247 Å². The topological polar surface area (TPSA) is 104 Å². The molecule has 5 rings (SSSR count). The summed E-state index contributed by atoms with van der Waals surface area (Å²) < 4.78 is 35.0. The number of fused-ring (bicyclic) bond motifs is 1. The highest BCUT2D eigenvalue weighted by Crippen LogP contribution is 2.38. The molecular formula is C31H30ClF2N5O3. The van der Waals surface area contributed by atoms with Gasteiger partial charge >= 0.3 is 0 Å². The molecule has 42 heavy (non-hydrogen) atoms. The maximum Gasteiger partial charge on any atom is 0.165 e. The lowest BCUT2D eigenvalue weighted by atomic mass is 9.75. The molecule has 1 aromatic carbocycles. The van der Waals surface area contributed by atoms with Gasteiger partial charge in [-0.3, -0.25) is 4.79 Å². The van der Waals surface area contributed by atoms with Crippen molar-refractivity contribution in [1.82, 2.24) is 14.6 Å². The van der Waals surface area contributed by atoms with Crippen molar-refractivity contribution in [2.24, 2.45) is 5.41 Å². The first-order valence-electron chi connectivity index (χ1n) is 13.5. The number of carbonyl (C=O) groups excluding carboxylic acids is 1. The molecule has 0 spiro atoms. The second kappa shape index (κ2) is 11.3. The van der Waals surface area contributed by atoms with Crippen molar-refractivity contribution in [3.63, 3.8) is 0 Å². The van der Waals surface area contributed by atoms with E-state index in [1.165, 1.54) is 6.20 Å². The Balaban J connectivity index is 1.31. The van der Waals surface area contributed by atoms with Crippen molar-refractivity contribution in [2.45, 2.75) is 45.6 Å². The molecule has 0 atom stereocenters. The van der Waals surface area contributed by atoms with Crippen LogP contribution < -0.4 is 9.64 Å². The lowest BCUT2D eigenvalue weighted by molar-refractivity contribution is 0.0283. The molecule has 4 aromatic rings. The molecule has 1 fully saturated rings. The predicted octanol–water partition coefficient (Wildman–Crippen LogP) is 6.23. The van der Waals surface area contributed by atoms with E-state index in [1.807, 2.05) is 19.1 Å². The molecule has 4 heterocycles. The molecule has 0 aliphatic carbocycles. The first kappa shape index (κ1) is 29.4. The lowest BCUT2D eigenvalue weighted by Crippen LogP contribution is -2.40. The normalized spacial score (nSPS) is 15.0. The zero-order valence-corrected chi connectivity index (χ0v) is 24.3. The van der Waals surface area contributed by atoms with Gasteiger partial charge in [0.05, 0.1) is 34.1 Å². The molecule has 1 saturated heterocycles. The Morgan fingerprint density at radius 2 is 1.95 bits per heavy atom. The predicted molar refractivity (Wildman–Crippen MR) is 155 cm³/mol. The summed E-state index contributed by atoms with van der Waals surface area (Å²) >= 11 is 5.95. The van der Waals surface area contributed by atoms with Gasteiger partial charge in [0.15, 0.2) is 5.78 Å². The molecule has 1 aliphatic heterocycles. The average Bonchev–Trinajstić information content (AvgIpc) is 3.36. The van der Waals surface area contributed by atoms with E-state index in [0.717, 1.165) is 17.4 Å². The lowest BCUT2D eigenvalue weighted by Gasteiger charge is -2.39. The molecule has 218 valence electrons. The maximum atomic E-state index is 13.9. The summed E-state index contributed by atoms with van der Waals surface area (Å²) in [6.45, 7) is 6.67. The number of pyridine rings is 2. The summed E-state index contributed by atoms with van der Waals surface area (Å²) in [5, 5.41) is 23.7. The van der Waals surface area contributed by atoms with E-state index >= 15 is 0 Å². The molecule has 1 N–H and O–H groups in total. The van der Waals surface area contributed by atoms with Crippen LogP contribution in [0.5, 0.6) is 5.75 Å². The minimum Gasteiger partial charge on any atom is -0.489 e. The molecule has 0 bridgehead atoms. The number of hydrogen-bond acceptors (Lipinski definition) is 7. The van der Waals surface area contributed by atoms with Gasteiger partial charge in [0, 0.05) is 48.5 Å². The Morgan fingerprint density at radius 1 is 1.21 bits per heavy atom. The SMILES string of the molecule is CC(C)(O)COc1cc(-c2ccc(N3CCC(C)(CC(=O)c4cc(F)cc(F)c4Cl)CC3)nc2)c2c(C#N)cnn2c1. The molecule has 0 unspecified atom stereocenters. The van der Waals surface area contributed by atoms with Crippen LogP contribution in [0.25, 0.3) is 16.6 Å².